The molecule has 2 heterocycles. The van der Waals surface area contributed by atoms with Crippen LogP contribution in [0.25, 0.3) is 5.52 Å². The van der Waals surface area contributed by atoms with Crippen LogP contribution < -0.4 is 10.6 Å². The Morgan fingerprint density at radius 3 is 2.64 bits per heavy atom. The molecule has 0 saturated carbocycles. The van der Waals surface area contributed by atoms with Crippen molar-refractivity contribution in [2.45, 2.75) is 20.3 Å². The Balaban J connectivity index is 1.89. The first kappa shape index (κ1) is 19.5. The average molecular weight is 386 g/mol. The molecule has 2 N–H and O–H groups in total. The van der Waals surface area contributed by atoms with Crippen molar-refractivity contribution in [3.05, 3.63) is 65.7 Å². The summed E-state index contributed by atoms with van der Waals surface area (Å²) in [6.45, 7) is 4.59. The number of aromatic nitrogens is 2. The lowest BCUT2D eigenvalue weighted by atomic mass is 10.1. The Kier molecular flexibility index (Phi) is 5.67. The van der Waals surface area contributed by atoms with Crippen LogP contribution in [0.15, 0.2) is 42.6 Å². The van der Waals surface area contributed by atoms with Crippen molar-refractivity contribution in [1.82, 2.24) is 14.7 Å². The minimum atomic E-state index is -0.902. The summed E-state index contributed by atoms with van der Waals surface area (Å²) in [5.74, 6) is -2.40. The molecule has 0 aliphatic heterocycles. The molecule has 0 atom stereocenters. The van der Waals surface area contributed by atoms with Crippen molar-refractivity contribution in [3.8, 4) is 0 Å². The monoisotopic (exact) mass is 386 g/mol. The number of hydrogen-bond acceptors (Lipinski definition) is 3. The summed E-state index contributed by atoms with van der Waals surface area (Å²) >= 11 is 0. The second kappa shape index (κ2) is 8.16. The van der Waals surface area contributed by atoms with Gasteiger partial charge in [0.2, 0.25) is 5.82 Å². The van der Waals surface area contributed by atoms with E-state index in [-0.39, 0.29) is 17.2 Å². The highest BCUT2D eigenvalue weighted by molar-refractivity contribution is 6.06. The number of nitrogens with zero attached hydrogens (tertiary/aromatic N) is 2. The van der Waals surface area contributed by atoms with Crippen molar-refractivity contribution >= 4 is 23.0 Å². The van der Waals surface area contributed by atoms with Gasteiger partial charge in [0.15, 0.2) is 5.69 Å². The molecule has 0 aliphatic rings. The van der Waals surface area contributed by atoms with Crippen LogP contribution in [0.5, 0.6) is 0 Å². The molecular formula is C20H20F2N4O2. The molecule has 0 saturated heterocycles. The first-order valence-corrected chi connectivity index (χ1v) is 8.88. The number of carbonyl (C=O) groups excluding carboxylic acids is 2. The maximum atomic E-state index is 13.8. The van der Waals surface area contributed by atoms with Crippen LogP contribution in [-0.2, 0) is 0 Å². The van der Waals surface area contributed by atoms with E-state index in [1.165, 1.54) is 4.40 Å². The van der Waals surface area contributed by atoms with Crippen molar-refractivity contribution in [2.24, 2.45) is 5.92 Å². The standard InChI is InChI=1S/C20H20F2N4O2/c1-12(2)8-9-23-19(27)17-16-5-3-4-10-26(16)18(25-17)20(28)24-15-7-6-13(21)11-14(15)22/h3-7,10-12H,8-9H2,1-2H3,(H,23,27)(H,24,28). The molecule has 0 fully saturated rings. The highest BCUT2D eigenvalue weighted by Crippen LogP contribution is 2.18. The largest absolute Gasteiger partial charge is 0.351 e. The van der Waals surface area contributed by atoms with Gasteiger partial charge in [0, 0.05) is 18.8 Å². The van der Waals surface area contributed by atoms with E-state index in [9.17, 15) is 18.4 Å². The molecule has 6 nitrogen and oxygen atoms in total. The lowest BCUT2D eigenvalue weighted by molar-refractivity contribution is 0.0949. The maximum absolute atomic E-state index is 13.8. The lowest BCUT2D eigenvalue weighted by Gasteiger charge is -2.05. The number of benzene rings is 1. The van der Waals surface area contributed by atoms with Crippen LogP contribution >= 0.6 is 0 Å². The molecule has 0 unspecified atom stereocenters. The molecule has 0 spiro atoms. The first-order valence-electron chi connectivity index (χ1n) is 8.88. The van der Waals surface area contributed by atoms with Crippen molar-refractivity contribution in [3.63, 3.8) is 0 Å². The Morgan fingerprint density at radius 1 is 1.14 bits per heavy atom. The van der Waals surface area contributed by atoms with Crippen LogP contribution in [0, 0.1) is 17.6 Å². The number of imidazole rings is 1. The molecule has 146 valence electrons. The quantitative estimate of drug-likeness (QED) is 0.679. The molecule has 0 aliphatic carbocycles. The Labute approximate surface area is 160 Å². The normalized spacial score (nSPS) is 11.0. The van der Waals surface area contributed by atoms with E-state index in [0.717, 1.165) is 18.6 Å². The summed E-state index contributed by atoms with van der Waals surface area (Å²) in [7, 11) is 0. The highest BCUT2D eigenvalue weighted by atomic mass is 19.1. The van der Waals surface area contributed by atoms with Gasteiger partial charge < -0.3 is 10.6 Å². The second-order valence-electron chi connectivity index (χ2n) is 6.76. The van der Waals surface area contributed by atoms with Gasteiger partial charge in [-0.1, -0.05) is 19.9 Å². The zero-order chi connectivity index (χ0) is 20.3. The molecule has 3 aromatic rings. The number of fused-ring (bicyclic) bond motifs is 1. The van der Waals surface area contributed by atoms with Gasteiger partial charge in [-0.15, -0.1) is 0 Å². The van der Waals surface area contributed by atoms with Gasteiger partial charge in [0.1, 0.15) is 11.6 Å². The smallest absolute Gasteiger partial charge is 0.292 e. The van der Waals surface area contributed by atoms with Crippen LogP contribution in [0.4, 0.5) is 14.5 Å². The summed E-state index contributed by atoms with van der Waals surface area (Å²) < 4.78 is 28.3. The van der Waals surface area contributed by atoms with E-state index in [0.29, 0.717) is 24.0 Å². The van der Waals surface area contributed by atoms with E-state index >= 15 is 0 Å². The molecule has 28 heavy (non-hydrogen) atoms. The molecule has 2 amide bonds. The fourth-order valence-electron chi connectivity index (χ4n) is 2.69. The number of nitrogens with one attached hydrogen (secondary N) is 2. The van der Waals surface area contributed by atoms with Crippen LogP contribution in [0.2, 0.25) is 0 Å². The first-order chi connectivity index (χ1) is 13.4. The molecule has 2 aromatic heterocycles. The number of amides is 2. The fraction of sp³-hybridized carbons (Fsp3) is 0.250. The summed E-state index contributed by atoms with van der Waals surface area (Å²) in [5, 5.41) is 5.15. The van der Waals surface area contributed by atoms with E-state index in [1.54, 1.807) is 24.4 Å². The zero-order valence-corrected chi connectivity index (χ0v) is 15.5. The van der Waals surface area contributed by atoms with Crippen LogP contribution in [-0.4, -0.2) is 27.7 Å². The summed E-state index contributed by atoms with van der Waals surface area (Å²) in [4.78, 5) is 29.3. The number of anilines is 1. The minimum Gasteiger partial charge on any atom is -0.351 e. The minimum absolute atomic E-state index is 0.0756. The molecule has 8 heteroatoms. The maximum Gasteiger partial charge on any atom is 0.292 e. The molecule has 3 rings (SSSR count). The number of pyridine rings is 1. The van der Waals surface area contributed by atoms with E-state index in [4.69, 9.17) is 0 Å². The fourth-order valence-corrected chi connectivity index (χ4v) is 2.69. The number of carbonyl (C=O) groups is 2. The third kappa shape index (κ3) is 4.16. The van der Waals surface area contributed by atoms with Crippen molar-refractivity contribution in [2.75, 3.05) is 11.9 Å². The van der Waals surface area contributed by atoms with Crippen molar-refractivity contribution in [1.29, 1.82) is 0 Å². The predicted molar refractivity (Wildman–Crippen MR) is 101 cm³/mol. The number of halogens is 2. The van der Waals surface area contributed by atoms with Gasteiger partial charge in [-0.05, 0) is 36.6 Å². The second-order valence-corrected chi connectivity index (χ2v) is 6.76. The van der Waals surface area contributed by atoms with E-state index < -0.39 is 23.4 Å². The SMILES string of the molecule is CC(C)CCNC(=O)c1nc(C(=O)Nc2ccc(F)cc2F)n2ccccc12. The number of hydrogen-bond donors (Lipinski definition) is 2. The summed E-state index contributed by atoms with van der Waals surface area (Å²) in [5.41, 5.74) is 0.380. The van der Waals surface area contributed by atoms with Gasteiger partial charge in [-0.3, -0.25) is 14.0 Å². The van der Waals surface area contributed by atoms with Crippen LogP contribution in [0.3, 0.4) is 0 Å². The highest BCUT2D eigenvalue weighted by Gasteiger charge is 2.22. The van der Waals surface area contributed by atoms with Gasteiger partial charge in [0.05, 0.1) is 11.2 Å². The van der Waals surface area contributed by atoms with Gasteiger partial charge in [0.25, 0.3) is 11.8 Å². The summed E-state index contributed by atoms with van der Waals surface area (Å²) in [6, 6.07) is 7.91. The summed E-state index contributed by atoms with van der Waals surface area (Å²) in [6.07, 6.45) is 2.40. The number of rotatable bonds is 6. The van der Waals surface area contributed by atoms with E-state index in [1.807, 2.05) is 0 Å². The Bertz CT molecular complexity index is 1030. The molecular weight excluding hydrogens is 366 g/mol. The molecule has 0 radical (unpaired) electrons. The third-order valence-electron chi connectivity index (χ3n) is 4.15. The predicted octanol–water partition coefficient (Wildman–Crippen LogP) is 3.64. The van der Waals surface area contributed by atoms with Gasteiger partial charge >= 0.3 is 0 Å². The van der Waals surface area contributed by atoms with Crippen molar-refractivity contribution < 1.29 is 18.4 Å². The Hall–Kier alpha value is -3.29. The van der Waals surface area contributed by atoms with Gasteiger partial charge in [-0.2, -0.15) is 0 Å². The lowest BCUT2D eigenvalue weighted by Crippen LogP contribution is -2.26. The third-order valence-corrected chi connectivity index (χ3v) is 4.15. The molecule has 1 aromatic carbocycles. The van der Waals surface area contributed by atoms with E-state index in [2.05, 4.69) is 29.5 Å². The van der Waals surface area contributed by atoms with Gasteiger partial charge in [-0.25, -0.2) is 13.8 Å². The average Bonchev–Trinajstić information content (AvgIpc) is 3.03. The molecule has 0 bridgehead atoms. The zero-order valence-electron chi connectivity index (χ0n) is 15.5. The topological polar surface area (TPSA) is 75.5 Å². The Morgan fingerprint density at radius 2 is 1.93 bits per heavy atom. The van der Waals surface area contributed by atoms with Crippen LogP contribution in [0.1, 0.15) is 41.4 Å².